The molecule has 1 atom stereocenters. The number of likely N-dealkylation sites (N-methyl/N-ethyl adjacent to an activating group) is 1. The van der Waals surface area contributed by atoms with E-state index in [4.69, 9.17) is 4.74 Å². The first-order valence-corrected chi connectivity index (χ1v) is 10.1. The molecule has 0 fully saturated rings. The summed E-state index contributed by atoms with van der Waals surface area (Å²) in [5.74, 6) is 0.245. The van der Waals surface area contributed by atoms with Crippen LogP contribution in [-0.4, -0.2) is 44.2 Å². The number of hydrogen-bond donors (Lipinski definition) is 0. The van der Waals surface area contributed by atoms with Crippen molar-refractivity contribution < 1.29 is 9.53 Å². The van der Waals surface area contributed by atoms with Gasteiger partial charge < -0.3 is 9.64 Å². The molecule has 7 nitrogen and oxygen atoms in total. The van der Waals surface area contributed by atoms with Gasteiger partial charge in [-0.05, 0) is 43.2 Å². The van der Waals surface area contributed by atoms with Crippen LogP contribution in [0.25, 0.3) is 11.0 Å². The van der Waals surface area contributed by atoms with Crippen LogP contribution in [0.5, 0.6) is 5.88 Å². The van der Waals surface area contributed by atoms with Gasteiger partial charge in [0, 0.05) is 26.0 Å². The monoisotopic (exact) mass is 415 g/mol. The summed E-state index contributed by atoms with van der Waals surface area (Å²) >= 11 is 0. The first-order valence-electron chi connectivity index (χ1n) is 10.1. The Morgan fingerprint density at radius 1 is 1.13 bits per heavy atom. The number of ether oxygens (including phenoxy) is 1. The molecule has 0 saturated carbocycles. The van der Waals surface area contributed by atoms with E-state index in [-0.39, 0.29) is 18.6 Å². The van der Waals surface area contributed by atoms with E-state index >= 15 is 0 Å². The number of carbonyl (C=O) groups is 1. The number of fused-ring (bicyclic) bond motifs is 1. The summed E-state index contributed by atoms with van der Waals surface area (Å²) in [6.07, 6.45) is 1.73. The van der Waals surface area contributed by atoms with E-state index in [1.807, 2.05) is 75.5 Å². The van der Waals surface area contributed by atoms with Crippen molar-refractivity contribution in [3.05, 3.63) is 83.3 Å². The summed E-state index contributed by atoms with van der Waals surface area (Å²) < 4.78 is 7.56. The highest BCUT2D eigenvalue weighted by molar-refractivity contribution is 5.86. The van der Waals surface area contributed by atoms with E-state index in [0.29, 0.717) is 5.88 Å². The smallest absolute Gasteiger partial charge is 0.261 e. The second kappa shape index (κ2) is 8.55. The maximum Gasteiger partial charge on any atom is 0.261 e. The highest BCUT2D eigenvalue weighted by Crippen LogP contribution is 2.28. The van der Waals surface area contributed by atoms with E-state index in [0.717, 1.165) is 33.5 Å². The Bertz CT molecular complexity index is 1170. The Labute approximate surface area is 181 Å². The van der Waals surface area contributed by atoms with Crippen molar-refractivity contribution in [3.8, 4) is 5.88 Å². The molecular weight excluding hydrogens is 390 g/mol. The zero-order valence-electron chi connectivity index (χ0n) is 18.1. The lowest BCUT2D eigenvalue weighted by Gasteiger charge is -2.28. The number of pyridine rings is 2. The first kappa shape index (κ1) is 20.5. The molecule has 0 aliphatic rings. The minimum atomic E-state index is -0.315. The van der Waals surface area contributed by atoms with Crippen LogP contribution in [0.2, 0.25) is 0 Å². The van der Waals surface area contributed by atoms with Crippen LogP contribution in [0, 0.1) is 13.8 Å². The van der Waals surface area contributed by atoms with Crippen LogP contribution in [-0.2, 0) is 11.8 Å². The van der Waals surface area contributed by atoms with E-state index in [2.05, 4.69) is 15.1 Å². The Morgan fingerprint density at radius 3 is 2.58 bits per heavy atom. The van der Waals surface area contributed by atoms with Crippen molar-refractivity contribution in [1.29, 1.82) is 0 Å². The fourth-order valence-electron chi connectivity index (χ4n) is 3.79. The van der Waals surface area contributed by atoms with E-state index < -0.39 is 0 Å². The summed E-state index contributed by atoms with van der Waals surface area (Å²) in [4.78, 5) is 23.8. The average Bonchev–Trinajstić information content (AvgIpc) is 3.09. The SMILES string of the molecule is Cc1cc(C)c2c(OCC(=O)N(C)C(c3ccccc3)c3ccccn3)nn(C)c2n1. The Balaban J connectivity index is 1.58. The number of aromatic nitrogens is 4. The number of carbonyl (C=O) groups excluding carboxylic acids is 1. The molecule has 0 radical (unpaired) electrons. The molecule has 0 aliphatic carbocycles. The van der Waals surface area contributed by atoms with Gasteiger partial charge in [0.05, 0.1) is 17.1 Å². The lowest BCUT2D eigenvalue weighted by molar-refractivity contribution is -0.133. The van der Waals surface area contributed by atoms with Gasteiger partial charge in [0.2, 0.25) is 5.88 Å². The van der Waals surface area contributed by atoms with Gasteiger partial charge in [-0.3, -0.25) is 9.78 Å². The fourth-order valence-corrected chi connectivity index (χ4v) is 3.79. The number of amides is 1. The minimum absolute atomic E-state index is 0.133. The van der Waals surface area contributed by atoms with Crippen molar-refractivity contribution in [2.24, 2.45) is 7.05 Å². The number of benzene rings is 1. The van der Waals surface area contributed by atoms with E-state index in [1.54, 1.807) is 22.8 Å². The minimum Gasteiger partial charge on any atom is -0.466 e. The molecule has 0 saturated heterocycles. The van der Waals surface area contributed by atoms with Gasteiger partial charge in [-0.15, -0.1) is 5.10 Å². The molecule has 158 valence electrons. The Hall–Kier alpha value is -3.74. The first-order chi connectivity index (χ1) is 15.0. The molecule has 31 heavy (non-hydrogen) atoms. The predicted octanol–water partition coefficient (Wildman–Crippen LogP) is 3.61. The van der Waals surface area contributed by atoms with Gasteiger partial charge in [-0.2, -0.15) is 0 Å². The fraction of sp³-hybridized carbons (Fsp3) is 0.250. The van der Waals surface area contributed by atoms with Gasteiger partial charge >= 0.3 is 0 Å². The van der Waals surface area contributed by atoms with Crippen molar-refractivity contribution in [3.63, 3.8) is 0 Å². The number of hydrogen-bond acceptors (Lipinski definition) is 5. The summed E-state index contributed by atoms with van der Waals surface area (Å²) in [6, 6.07) is 17.2. The molecule has 0 spiro atoms. The molecule has 1 aromatic carbocycles. The summed E-state index contributed by atoms with van der Waals surface area (Å²) in [5.41, 5.74) is 4.45. The molecule has 4 aromatic rings. The molecule has 0 aliphatic heterocycles. The third-order valence-corrected chi connectivity index (χ3v) is 5.28. The Kier molecular flexibility index (Phi) is 5.66. The second-order valence-corrected chi connectivity index (χ2v) is 7.57. The third-order valence-electron chi connectivity index (χ3n) is 5.28. The van der Waals surface area contributed by atoms with Crippen molar-refractivity contribution >= 4 is 16.9 Å². The maximum absolute atomic E-state index is 13.1. The molecule has 0 bridgehead atoms. The zero-order chi connectivity index (χ0) is 22.0. The van der Waals surface area contributed by atoms with Crippen LogP contribution in [0.4, 0.5) is 0 Å². The van der Waals surface area contributed by atoms with Crippen molar-refractivity contribution in [2.75, 3.05) is 13.7 Å². The Morgan fingerprint density at radius 2 is 1.87 bits per heavy atom. The molecule has 3 heterocycles. The average molecular weight is 415 g/mol. The van der Waals surface area contributed by atoms with Crippen LogP contribution in [0.3, 0.4) is 0 Å². The standard InChI is InChI=1S/C24H25N5O2/c1-16-14-17(2)26-23-21(16)24(27-29(23)4)31-15-20(30)28(3)22(18-10-6-5-7-11-18)19-12-8-9-13-25-19/h5-14,22H,15H2,1-4H3. The maximum atomic E-state index is 13.1. The summed E-state index contributed by atoms with van der Waals surface area (Å²) in [5, 5.41) is 5.26. The summed E-state index contributed by atoms with van der Waals surface area (Å²) in [7, 11) is 3.59. The number of aryl methyl sites for hydroxylation is 3. The van der Waals surface area contributed by atoms with Crippen molar-refractivity contribution in [1.82, 2.24) is 24.6 Å². The molecular formula is C24H25N5O2. The zero-order valence-corrected chi connectivity index (χ0v) is 18.1. The lowest BCUT2D eigenvalue weighted by Crippen LogP contribution is -2.36. The van der Waals surface area contributed by atoms with E-state index in [1.165, 1.54) is 0 Å². The number of rotatable bonds is 6. The molecule has 7 heteroatoms. The van der Waals surface area contributed by atoms with Crippen LogP contribution in [0.1, 0.15) is 28.6 Å². The van der Waals surface area contributed by atoms with Crippen LogP contribution < -0.4 is 4.74 Å². The highest BCUT2D eigenvalue weighted by atomic mass is 16.5. The normalized spacial score (nSPS) is 12.0. The van der Waals surface area contributed by atoms with E-state index in [9.17, 15) is 4.79 Å². The summed E-state index contributed by atoms with van der Waals surface area (Å²) in [6.45, 7) is 3.80. The van der Waals surface area contributed by atoms with Gasteiger partial charge in [-0.1, -0.05) is 36.4 Å². The third kappa shape index (κ3) is 4.12. The molecule has 3 aromatic heterocycles. The predicted molar refractivity (Wildman–Crippen MR) is 119 cm³/mol. The van der Waals surface area contributed by atoms with Gasteiger partial charge in [0.15, 0.2) is 12.3 Å². The number of nitrogens with zero attached hydrogens (tertiary/aromatic N) is 5. The molecule has 0 N–H and O–H groups in total. The lowest BCUT2D eigenvalue weighted by atomic mass is 10.0. The largest absolute Gasteiger partial charge is 0.466 e. The van der Waals surface area contributed by atoms with Gasteiger partial charge in [0.25, 0.3) is 5.91 Å². The van der Waals surface area contributed by atoms with Gasteiger partial charge in [-0.25, -0.2) is 9.67 Å². The van der Waals surface area contributed by atoms with Crippen molar-refractivity contribution in [2.45, 2.75) is 19.9 Å². The quantitative estimate of drug-likeness (QED) is 0.481. The topological polar surface area (TPSA) is 73.1 Å². The molecule has 1 unspecified atom stereocenters. The van der Waals surface area contributed by atoms with Gasteiger partial charge in [0.1, 0.15) is 0 Å². The van der Waals surface area contributed by atoms with Crippen LogP contribution >= 0.6 is 0 Å². The van der Waals surface area contributed by atoms with Crippen LogP contribution in [0.15, 0.2) is 60.8 Å². The molecule has 4 rings (SSSR count). The second-order valence-electron chi connectivity index (χ2n) is 7.57. The highest BCUT2D eigenvalue weighted by Gasteiger charge is 2.25. The molecule has 1 amide bonds.